The lowest BCUT2D eigenvalue weighted by molar-refractivity contribution is 0.188. The van der Waals surface area contributed by atoms with E-state index in [2.05, 4.69) is 38.4 Å². The number of fused-ring (bicyclic) bond motifs is 4. The van der Waals surface area contributed by atoms with Crippen molar-refractivity contribution in [1.82, 2.24) is 30.4 Å². The van der Waals surface area contributed by atoms with E-state index in [4.69, 9.17) is 30.7 Å². The van der Waals surface area contributed by atoms with Crippen LogP contribution in [0.2, 0.25) is 5.02 Å². The van der Waals surface area contributed by atoms with Gasteiger partial charge in [-0.1, -0.05) is 11.6 Å². The SMILES string of the molecule is Cc1cc2[nH]ncc2c(-c2cc3nc(OC[C@@H]4CCCN4C)nc(N4CCNCC4)c3c3occc23)c1Cl. The average Bonchev–Trinajstić information content (AvgIpc) is 3.69. The number of furan rings is 1. The molecule has 2 fully saturated rings. The average molecular weight is 532 g/mol. The summed E-state index contributed by atoms with van der Waals surface area (Å²) in [6, 6.07) is 6.89. The molecule has 3 aromatic heterocycles. The summed E-state index contributed by atoms with van der Waals surface area (Å²) < 4.78 is 12.4. The highest BCUT2D eigenvalue weighted by Gasteiger charge is 2.26. The molecule has 0 radical (unpaired) electrons. The molecule has 5 heterocycles. The Morgan fingerprint density at radius 2 is 2.03 bits per heavy atom. The quantitative estimate of drug-likeness (QED) is 0.335. The minimum atomic E-state index is 0.375. The summed E-state index contributed by atoms with van der Waals surface area (Å²) in [6.07, 6.45) is 5.86. The lowest BCUT2D eigenvalue weighted by atomic mass is 9.95. The molecule has 2 N–H and O–H groups in total. The van der Waals surface area contributed by atoms with Crippen molar-refractivity contribution in [2.45, 2.75) is 25.8 Å². The van der Waals surface area contributed by atoms with Crippen molar-refractivity contribution in [2.24, 2.45) is 0 Å². The van der Waals surface area contributed by atoms with Gasteiger partial charge in [0.2, 0.25) is 0 Å². The second-order valence-corrected chi connectivity index (χ2v) is 10.7. The summed E-state index contributed by atoms with van der Waals surface area (Å²) in [5.41, 5.74) is 5.31. The molecule has 0 unspecified atom stereocenters. The number of aromatic amines is 1. The normalized spacial score (nSPS) is 18.8. The summed E-state index contributed by atoms with van der Waals surface area (Å²) in [4.78, 5) is 14.5. The number of aryl methyl sites for hydroxylation is 1. The lowest BCUT2D eigenvalue weighted by Crippen LogP contribution is -2.44. The number of likely N-dealkylation sites (N-methyl/N-ethyl adjacent to an activating group) is 1. The minimum absolute atomic E-state index is 0.375. The zero-order valence-electron chi connectivity index (χ0n) is 21.6. The van der Waals surface area contributed by atoms with Crippen LogP contribution in [0, 0.1) is 6.92 Å². The van der Waals surface area contributed by atoms with Gasteiger partial charge in [0, 0.05) is 48.6 Å². The summed E-state index contributed by atoms with van der Waals surface area (Å²) >= 11 is 6.95. The van der Waals surface area contributed by atoms with Crippen LogP contribution in [0.5, 0.6) is 6.01 Å². The van der Waals surface area contributed by atoms with Gasteiger partial charge in [-0.2, -0.15) is 15.1 Å². The number of hydrogen-bond donors (Lipinski definition) is 2. The summed E-state index contributed by atoms with van der Waals surface area (Å²) in [6.45, 7) is 7.16. The third kappa shape index (κ3) is 3.88. The first-order valence-electron chi connectivity index (χ1n) is 13.2. The molecular weight excluding hydrogens is 502 g/mol. The van der Waals surface area contributed by atoms with Crippen molar-refractivity contribution in [3.8, 4) is 17.1 Å². The molecule has 38 heavy (non-hydrogen) atoms. The largest absolute Gasteiger partial charge is 0.463 e. The minimum Gasteiger partial charge on any atom is -0.463 e. The fourth-order valence-corrected chi connectivity index (χ4v) is 6.16. The Bertz CT molecular complexity index is 1660. The molecule has 2 saturated heterocycles. The van der Waals surface area contributed by atoms with Crippen molar-refractivity contribution < 1.29 is 9.15 Å². The molecule has 196 valence electrons. The van der Waals surface area contributed by atoms with Crippen LogP contribution in [-0.4, -0.2) is 77.5 Å². The van der Waals surface area contributed by atoms with E-state index >= 15 is 0 Å². The Morgan fingerprint density at radius 1 is 1.16 bits per heavy atom. The zero-order valence-corrected chi connectivity index (χ0v) is 22.3. The van der Waals surface area contributed by atoms with Crippen LogP contribution in [0.4, 0.5) is 5.82 Å². The Balaban J connectivity index is 1.45. The van der Waals surface area contributed by atoms with Crippen LogP contribution in [0.15, 0.2) is 35.1 Å². The second kappa shape index (κ2) is 9.41. The number of aromatic nitrogens is 4. The number of likely N-dealkylation sites (tertiary alicyclic amines) is 1. The number of piperazine rings is 1. The summed E-state index contributed by atoms with van der Waals surface area (Å²) in [7, 11) is 2.15. The van der Waals surface area contributed by atoms with E-state index in [1.165, 1.54) is 6.42 Å². The van der Waals surface area contributed by atoms with Gasteiger partial charge < -0.3 is 24.3 Å². The predicted molar refractivity (Wildman–Crippen MR) is 150 cm³/mol. The fraction of sp³-hybridized carbons (Fsp3) is 0.393. The lowest BCUT2D eigenvalue weighted by Gasteiger charge is -2.29. The standard InChI is InChI=1S/C28H30ClN7O2/c1-16-12-21-20(14-31-34-21)23(25(16)29)19-13-22-24(26-18(19)5-11-37-26)27(36-9-6-30-7-10-36)33-28(32-22)38-15-17-4-3-8-35(17)2/h5,11-14,17,30H,3-4,6-10,15H2,1-2H3,(H,31,34)/t17-/m0/s1. The molecule has 9 nitrogen and oxygen atoms in total. The third-order valence-corrected chi connectivity index (χ3v) is 8.47. The zero-order chi connectivity index (χ0) is 25.8. The molecule has 7 rings (SSSR count). The molecule has 0 bridgehead atoms. The Morgan fingerprint density at radius 3 is 2.84 bits per heavy atom. The number of nitrogens with one attached hydrogen (secondary N) is 2. The third-order valence-electron chi connectivity index (χ3n) is 7.99. The van der Waals surface area contributed by atoms with Crippen LogP contribution < -0.4 is 15.0 Å². The number of ether oxygens (including phenoxy) is 1. The monoisotopic (exact) mass is 531 g/mol. The van der Waals surface area contributed by atoms with E-state index in [1.807, 2.05) is 25.3 Å². The summed E-state index contributed by atoms with van der Waals surface area (Å²) in [5.74, 6) is 0.849. The molecule has 0 saturated carbocycles. The maximum atomic E-state index is 6.95. The van der Waals surface area contributed by atoms with E-state index in [0.29, 0.717) is 23.7 Å². The molecule has 2 aliphatic heterocycles. The van der Waals surface area contributed by atoms with E-state index < -0.39 is 0 Å². The molecule has 5 aromatic rings. The van der Waals surface area contributed by atoms with Crippen LogP contribution in [0.25, 0.3) is 43.9 Å². The van der Waals surface area contributed by atoms with Gasteiger partial charge in [-0.15, -0.1) is 0 Å². The maximum Gasteiger partial charge on any atom is 0.319 e. The van der Waals surface area contributed by atoms with Gasteiger partial charge in [0.1, 0.15) is 18.0 Å². The number of benzene rings is 2. The topological polar surface area (TPSA) is 95.3 Å². The maximum absolute atomic E-state index is 6.95. The molecule has 10 heteroatoms. The number of hydrogen-bond acceptors (Lipinski definition) is 8. The van der Waals surface area contributed by atoms with Gasteiger partial charge in [0.15, 0.2) is 0 Å². The Hall–Kier alpha value is -3.40. The van der Waals surface area contributed by atoms with Gasteiger partial charge in [-0.25, -0.2) is 0 Å². The second-order valence-electron chi connectivity index (χ2n) is 10.3. The van der Waals surface area contributed by atoms with Gasteiger partial charge in [0.25, 0.3) is 0 Å². The number of halogens is 1. The molecule has 1 atom stereocenters. The van der Waals surface area contributed by atoms with Crippen molar-refractivity contribution in [2.75, 3.05) is 51.3 Å². The number of nitrogens with zero attached hydrogens (tertiary/aromatic N) is 5. The number of rotatable bonds is 5. The highest BCUT2D eigenvalue weighted by molar-refractivity contribution is 6.36. The van der Waals surface area contributed by atoms with Gasteiger partial charge in [-0.3, -0.25) is 5.10 Å². The molecule has 2 aromatic carbocycles. The van der Waals surface area contributed by atoms with Crippen molar-refractivity contribution in [3.05, 3.63) is 41.2 Å². The molecule has 0 amide bonds. The molecular formula is C28H30ClN7O2. The fourth-order valence-electron chi connectivity index (χ4n) is 5.90. The van der Waals surface area contributed by atoms with Crippen LogP contribution >= 0.6 is 11.6 Å². The highest BCUT2D eigenvalue weighted by atomic mass is 35.5. The van der Waals surface area contributed by atoms with Crippen molar-refractivity contribution >= 4 is 50.2 Å². The predicted octanol–water partition coefficient (Wildman–Crippen LogP) is 4.76. The van der Waals surface area contributed by atoms with Gasteiger partial charge in [0.05, 0.1) is 33.9 Å². The smallest absolute Gasteiger partial charge is 0.319 e. The first-order valence-corrected chi connectivity index (χ1v) is 13.6. The van der Waals surface area contributed by atoms with E-state index in [0.717, 1.165) is 94.4 Å². The molecule has 2 aliphatic rings. The Labute approximate surface area is 225 Å². The number of H-pyrrole nitrogens is 1. The highest BCUT2D eigenvalue weighted by Crippen LogP contribution is 2.44. The van der Waals surface area contributed by atoms with Gasteiger partial charge in [-0.05, 0) is 62.7 Å². The first-order chi connectivity index (χ1) is 18.6. The first kappa shape index (κ1) is 23.7. The molecule has 0 aliphatic carbocycles. The van der Waals surface area contributed by atoms with Crippen molar-refractivity contribution in [1.29, 1.82) is 0 Å². The van der Waals surface area contributed by atoms with E-state index in [1.54, 1.807) is 6.26 Å². The van der Waals surface area contributed by atoms with Crippen LogP contribution in [-0.2, 0) is 0 Å². The molecule has 0 spiro atoms. The van der Waals surface area contributed by atoms with Crippen molar-refractivity contribution in [3.63, 3.8) is 0 Å². The van der Waals surface area contributed by atoms with Crippen LogP contribution in [0.1, 0.15) is 18.4 Å². The summed E-state index contributed by atoms with van der Waals surface area (Å²) in [5, 5.41) is 14.3. The Kier molecular flexibility index (Phi) is 5.87. The van der Waals surface area contributed by atoms with Gasteiger partial charge >= 0.3 is 6.01 Å². The van der Waals surface area contributed by atoms with Crippen LogP contribution in [0.3, 0.4) is 0 Å². The van der Waals surface area contributed by atoms with E-state index in [9.17, 15) is 0 Å². The van der Waals surface area contributed by atoms with E-state index in [-0.39, 0.29) is 0 Å². The number of anilines is 1.